The number of ether oxygens (including phenoxy) is 1. The zero-order chi connectivity index (χ0) is 20.6. The van der Waals surface area contributed by atoms with Gasteiger partial charge < -0.3 is 15.0 Å². The summed E-state index contributed by atoms with van der Waals surface area (Å²) >= 11 is 0. The highest BCUT2D eigenvalue weighted by Crippen LogP contribution is 2.29. The molecule has 0 bridgehead atoms. The molecule has 3 rings (SSSR count). The standard InChI is InChI=1S/C21H26N4O4.ClH/c1-2-29-20-9-8-16(14-19(20)25(27)28)21(26)24(15-17-6-3-4-12-23-17)18-7-5-11-22-13-10-18;/h3-4,6,8-9,12,14,18,22H,2,5,7,10-11,13,15H2,1H3;1H. The number of carbonyl (C=O) groups is 1. The van der Waals surface area contributed by atoms with Gasteiger partial charge >= 0.3 is 5.69 Å². The summed E-state index contributed by atoms with van der Waals surface area (Å²) in [4.78, 5) is 30.5. The van der Waals surface area contributed by atoms with Crippen molar-refractivity contribution in [2.45, 2.75) is 38.8 Å². The lowest BCUT2D eigenvalue weighted by Crippen LogP contribution is -2.40. The minimum Gasteiger partial charge on any atom is -0.487 e. The summed E-state index contributed by atoms with van der Waals surface area (Å²) in [6.07, 6.45) is 4.39. The number of halogens is 1. The predicted molar refractivity (Wildman–Crippen MR) is 116 cm³/mol. The molecule has 1 fully saturated rings. The van der Waals surface area contributed by atoms with Crippen LogP contribution >= 0.6 is 12.4 Å². The molecule has 0 spiro atoms. The Balaban J connectivity index is 0.00000320. The largest absolute Gasteiger partial charge is 0.487 e. The van der Waals surface area contributed by atoms with E-state index in [4.69, 9.17) is 4.74 Å². The summed E-state index contributed by atoms with van der Waals surface area (Å²) in [6, 6.07) is 10.1. The summed E-state index contributed by atoms with van der Waals surface area (Å²) in [5, 5.41) is 14.8. The number of nitro benzene ring substituents is 1. The number of nitro groups is 1. The highest BCUT2D eigenvalue weighted by Gasteiger charge is 2.28. The molecule has 30 heavy (non-hydrogen) atoms. The van der Waals surface area contributed by atoms with E-state index < -0.39 is 4.92 Å². The third kappa shape index (κ3) is 5.90. The molecule has 1 aromatic heterocycles. The fraction of sp³-hybridized carbons (Fsp3) is 0.429. The van der Waals surface area contributed by atoms with Crippen LogP contribution in [0.2, 0.25) is 0 Å². The van der Waals surface area contributed by atoms with Gasteiger partial charge in [-0.2, -0.15) is 0 Å². The fourth-order valence-electron chi connectivity index (χ4n) is 3.58. The summed E-state index contributed by atoms with van der Waals surface area (Å²) < 4.78 is 5.34. The van der Waals surface area contributed by atoms with Crippen LogP contribution < -0.4 is 10.1 Å². The van der Waals surface area contributed by atoms with Crippen molar-refractivity contribution in [2.75, 3.05) is 19.7 Å². The van der Waals surface area contributed by atoms with Crippen molar-refractivity contribution in [3.8, 4) is 5.75 Å². The lowest BCUT2D eigenvalue weighted by molar-refractivity contribution is -0.385. The zero-order valence-electron chi connectivity index (χ0n) is 17.0. The number of nitrogens with one attached hydrogen (secondary N) is 1. The Morgan fingerprint density at radius 1 is 1.30 bits per heavy atom. The Labute approximate surface area is 182 Å². The van der Waals surface area contributed by atoms with Gasteiger partial charge in [0, 0.05) is 23.9 Å². The predicted octanol–water partition coefficient (Wildman–Crippen LogP) is 3.59. The maximum Gasteiger partial charge on any atom is 0.311 e. The Hall–Kier alpha value is -2.71. The molecule has 0 radical (unpaired) electrons. The molecule has 9 heteroatoms. The molecule has 1 aliphatic heterocycles. The van der Waals surface area contributed by atoms with Crippen LogP contribution in [-0.2, 0) is 6.54 Å². The monoisotopic (exact) mass is 434 g/mol. The molecule has 1 atom stereocenters. The van der Waals surface area contributed by atoms with Crippen LogP contribution in [0.1, 0.15) is 42.2 Å². The van der Waals surface area contributed by atoms with E-state index in [1.54, 1.807) is 24.1 Å². The van der Waals surface area contributed by atoms with Gasteiger partial charge in [-0.25, -0.2) is 0 Å². The zero-order valence-corrected chi connectivity index (χ0v) is 17.8. The molecule has 0 saturated carbocycles. The minimum atomic E-state index is -0.513. The van der Waals surface area contributed by atoms with Crippen LogP contribution in [-0.4, -0.2) is 46.5 Å². The smallest absolute Gasteiger partial charge is 0.311 e. The van der Waals surface area contributed by atoms with Crippen molar-refractivity contribution >= 4 is 24.0 Å². The van der Waals surface area contributed by atoms with E-state index in [9.17, 15) is 14.9 Å². The minimum absolute atomic E-state index is 0. The van der Waals surface area contributed by atoms with E-state index in [1.807, 2.05) is 18.2 Å². The number of carbonyl (C=O) groups excluding carboxylic acids is 1. The Morgan fingerprint density at radius 3 is 2.83 bits per heavy atom. The number of rotatable bonds is 7. The van der Waals surface area contributed by atoms with Gasteiger partial charge in [0.25, 0.3) is 5.91 Å². The summed E-state index contributed by atoms with van der Waals surface area (Å²) in [5.41, 5.74) is 0.879. The Kier molecular flexibility index (Phi) is 9.01. The highest BCUT2D eigenvalue weighted by atomic mass is 35.5. The van der Waals surface area contributed by atoms with Gasteiger partial charge in [-0.15, -0.1) is 12.4 Å². The van der Waals surface area contributed by atoms with Gasteiger partial charge in [0.2, 0.25) is 0 Å². The number of hydrogen-bond acceptors (Lipinski definition) is 6. The summed E-state index contributed by atoms with van der Waals surface area (Å²) in [7, 11) is 0. The van der Waals surface area contributed by atoms with Crippen LogP contribution in [0.25, 0.3) is 0 Å². The molecule has 1 saturated heterocycles. The van der Waals surface area contributed by atoms with Crippen molar-refractivity contribution in [1.82, 2.24) is 15.2 Å². The van der Waals surface area contributed by atoms with Crippen LogP contribution in [0.15, 0.2) is 42.6 Å². The van der Waals surface area contributed by atoms with Crippen molar-refractivity contribution in [3.05, 3.63) is 64.0 Å². The van der Waals surface area contributed by atoms with Crippen molar-refractivity contribution < 1.29 is 14.5 Å². The molecule has 0 aliphatic carbocycles. The number of hydrogen-bond donors (Lipinski definition) is 1. The topological polar surface area (TPSA) is 97.6 Å². The lowest BCUT2D eigenvalue weighted by atomic mass is 10.0. The van der Waals surface area contributed by atoms with Gasteiger partial charge in [-0.3, -0.25) is 19.9 Å². The number of nitrogens with zero attached hydrogens (tertiary/aromatic N) is 3. The maximum absolute atomic E-state index is 13.4. The number of pyridine rings is 1. The number of benzene rings is 1. The molecule has 8 nitrogen and oxygen atoms in total. The van der Waals surface area contributed by atoms with Crippen LogP contribution in [0.3, 0.4) is 0 Å². The average Bonchev–Trinajstić information content (AvgIpc) is 3.02. The molecule has 1 aromatic carbocycles. The van der Waals surface area contributed by atoms with E-state index in [-0.39, 0.29) is 41.4 Å². The van der Waals surface area contributed by atoms with Gasteiger partial charge in [0.05, 0.1) is 23.8 Å². The molecule has 1 amide bonds. The van der Waals surface area contributed by atoms with Gasteiger partial charge in [-0.1, -0.05) is 6.07 Å². The first-order valence-corrected chi connectivity index (χ1v) is 9.93. The first-order valence-electron chi connectivity index (χ1n) is 9.93. The SMILES string of the molecule is CCOc1ccc(C(=O)N(Cc2ccccn2)C2CCCNCC2)cc1[N+](=O)[O-].Cl. The molecule has 2 aromatic rings. The van der Waals surface area contributed by atoms with Crippen molar-refractivity contribution in [1.29, 1.82) is 0 Å². The summed E-state index contributed by atoms with van der Waals surface area (Å²) in [6.45, 7) is 4.20. The van der Waals surface area contributed by atoms with E-state index >= 15 is 0 Å². The van der Waals surface area contributed by atoms with Gasteiger partial charge in [0.1, 0.15) is 0 Å². The number of aromatic nitrogens is 1. The third-order valence-electron chi connectivity index (χ3n) is 5.01. The van der Waals surface area contributed by atoms with Gasteiger partial charge in [0.15, 0.2) is 5.75 Å². The summed E-state index contributed by atoms with van der Waals surface area (Å²) in [5.74, 6) is -0.0577. The first kappa shape index (κ1) is 23.6. The van der Waals surface area contributed by atoms with E-state index in [0.29, 0.717) is 13.2 Å². The van der Waals surface area contributed by atoms with E-state index in [1.165, 1.54) is 12.1 Å². The second kappa shape index (κ2) is 11.5. The molecular weight excluding hydrogens is 408 g/mol. The average molecular weight is 435 g/mol. The molecule has 1 N–H and O–H groups in total. The van der Waals surface area contributed by atoms with Crippen molar-refractivity contribution in [2.24, 2.45) is 0 Å². The third-order valence-corrected chi connectivity index (χ3v) is 5.01. The molecule has 1 unspecified atom stereocenters. The Morgan fingerprint density at radius 2 is 2.13 bits per heavy atom. The second-order valence-corrected chi connectivity index (χ2v) is 6.96. The van der Waals surface area contributed by atoms with Crippen LogP contribution in [0.4, 0.5) is 5.69 Å². The molecular formula is C21H27ClN4O4. The maximum atomic E-state index is 13.4. The fourth-order valence-corrected chi connectivity index (χ4v) is 3.58. The molecule has 1 aliphatic rings. The highest BCUT2D eigenvalue weighted by molar-refractivity contribution is 5.95. The Bertz CT molecular complexity index is 842. The molecule has 2 heterocycles. The van der Waals surface area contributed by atoms with Gasteiger partial charge in [-0.05, 0) is 63.5 Å². The van der Waals surface area contributed by atoms with Crippen LogP contribution in [0.5, 0.6) is 5.75 Å². The van der Waals surface area contributed by atoms with Crippen molar-refractivity contribution in [3.63, 3.8) is 0 Å². The quantitative estimate of drug-likeness (QED) is 0.528. The lowest BCUT2D eigenvalue weighted by Gasteiger charge is -2.31. The van der Waals surface area contributed by atoms with E-state index in [0.717, 1.165) is 38.0 Å². The first-order chi connectivity index (χ1) is 14.1. The molecule has 162 valence electrons. The second-order valence-electron chi connectivity index (χ2n) is 6.96. The van der Waals surface area contributed by atoms with E-state index in [2.05, 4.69) is 10.3 Å². The normalized spacial score (nSPS) is 16.1. The van der Waals surface area contributed by atoms with Crippen LogP contribution in [0, 0.1) is 10.1 Å². The number of amides is 1.